The summed E-state index contributed by atoms with van der Waals surface area (Å²) in [6, 6.07) is 3.14. The van der Waals surface area contributed by atoms with Crippen LogP contribution < -0.4 is 5.32 Å². The molecular formula is C10H14N4O. The number of amides is 1. The summed E-state index contributed by atoms with van der Waals surface area (Å²) in [5, 5.41) is 17.7. The van der Waals surface area contributed by atoms with Crippen LogP contribution in [0.5, 0.6) is 0 Å². The summed E-state index contributed by atoms with van der Waals surface area (Å²) in [7, 11) is 0. The van der Waals surface area contributed by atoms with E-state index in [-0.39, 0.29) is 5.91 Å². The number of aromatic amines is 1. The van der Waals surface area contributed by atoms with Gasteiger partial charge in [0.1, 0.15) is 11.7 Å². The minimum absolute atomic E-state index is 0.317. The molecule has 1 aromatic heterocycles. The number of hydrogen-bond donors (Lipinski definition) is 2. The van der Waals surface area contributed by atoms with Gasteiger partial charge in [-0.1, -0.05) is 13.3 Å². The van der Waals surface area contributed by atoms with Gasteiger partial charge in [0.15, 0.2) is 0 Å². The number of nitrogens with zero attached hydrogens (tertiary/aromatic N) is 2. The van der Waals surface area contributed by atoms with Crippen LogP contribution in [0.1, 0.15) is 36.5 Å². The Morgan fingerprint density at radius 2 is 2.53 bits per heavy atom. The monoisotopic (exact) mass is 206 g/mol. The maximum absolute atomic E-state index is 11.5. The van der Waals surface area contributed by atoms with Gasteiger partial charge in [0.2, 0.25) is 0 Å². The van der Waals surface area contributed by atoms with E-state index >= 15 is 0 Å². The molecule has 2 N–H and O–H groups in total. The molecule has 1 unspecified atom stereocenters. The van der Waals surface area contributed by atoms with Gasteiger partial charge in [-0.05, 0) is 19.4 Å². The summed E-state index contributed by atoms with van der Waals surface area (Å²) in [6.07, 6.45) is 1.87. The largest absolute Gasteiger partial charge is 0.335 e. The second kappa shape index (κ2) is 5.15. The Labute approximate surface area is 88.5 Å². The number of aromatic nitrogens is 2. The van der Waals surface area contributed by atoms with Crippen molar-refractivity contribution in [3.8, 4) is 6.07 Å². The van der Waals surface area contributed by atoms with Crippen LogP contribution in [-0.4, -0.2) is 22.1 Å². The van der Waals surface area contributed by atoms with E-state index < -0.39 is 6.04 Å². The van der Waals surface area contributed by atoms with Crippen LogP contribution in [-0.2, 0) is 6.42 Å². The third kappa shape index (κ3) is 3.09. The van der Waals surface area contributed by atoms with Gasteiger partial charge in [-0.3, -0.25) is 9.89 Å². The minimum atomic E-state index is -0.496. The fourth-order valence-electron chi connectivity index (χ4n) is 1.18. The molecule has 1 atom stereocenters. The predicted molar refractivity (Wildman–Crippen MR) is 55.1 cm³/mol. The van der Waals surface area contributed by atoms with Crippen molar-refractivity contribution in [1.82, 2.24) is 15.5 Å². The van der Waals surface area contributed by atoms with Gasteiger partial charge in [-0.15, -0.1) is 0 Å². The minimum Gasteiger partial charge on any atom is -0.335 e. The molecule has 0 saturated heterocycles. The van der Waals surface area contributed by atoms with Crippen molar-refractivity contribution in [2.45, 2.75) is 32.7 Å². The van der Waals surface area contributed by atoms with Crippen molar-refractivity contribution in [1.29, 1.82) is 5.26 Å². The number of carbonyl (C=O) groups is 1. The number of aryl methyl sites for hydroxylation is 1. The lowest BCUT2D eigenvalue weighted by molar-refractivity contribution is 0.0943. The fraction of sp³-hybridized carbons (Fsp3) is 0.500. The number of nitrogens with one attached hydrogen (secondary N) is 2. The molecule has 0 saturated carbocycles. The average molecular weight is 206 g/mol. The zero-order valence-electron chi connectivity index (χ0n) is 8.87. The molecule has 1 aromatic rings. The maximum atomic E-state index is 11.5. The quantitative estimate of drug-likeness (QED) is 0.771. The molecule has 1 rings (SSSR count). The Morgan fingerprint density at radius 1 is 1.80 bits per heavy atom. The highest BCUT2D eigenvalue weighted by Crippen LogP contribution is 2.02. The van der Waals surface area contributed by atoms with Crippen molar-refractivity contribution in [3.05, 3.63) is 17.5 Å². The fourth-order valence-corrected chi connectivity index (χ4v) is 1.18. The lowest BCUT2D eigenvalue weighted by Gasteiger charge is -2.02. The zero-order chi connectivity index (χ0) is 11.3. The third-order valence-corrected chi connectivity index (χ3v) is 1.92. The van der Waals surface area contributed by atoms with E-state index in [1.54, 1.807) is 13.0 Å². The van der Waals surface area contributed by atoms with Gasteiger partial charge < -0.3 is 5.32 Å². The number of nitriles is 1. The van der Waals surface area contributed by atoms with Gasteiger partial charge in [0, 0.05) is 5.69 Å². The summed E-state index contributed by atoms with van der Waals surface area (Å²) in [5.41, 5.74) is 1.27. The Bertz CT molecular complexity index is 377. The molecule has 0 spiro atoms. The highest BCUT2D eigenvalue weighted by Gasteiger charge is 2.12. The number of rotatable bonds is 4. The van der Waals surface area contributed by atoms with Crippen LogP contribution >= 0.6 is 0 Å². The molecule has 1 heterocycles. The summed E-state index contributed by atoms with van der Waals surface area (Å²) in [4.78, 5) is 11.5. The molecule has 15 heavy (non-hydrogen) atoms. The molecular weight excluding hydrogens is 192 g/mol. The SMILES string of the molecule is CCCc1cc(C(=O)NC(C)C#N)n[nH]1. The smallest absolute Gasteiger partial charge is 0.272 e. The van der Waals surface area contributed by atoms with E-state index in [9.17, 15) is 4.79 Å². The van der Waals surface area contributed by atoms with E-state index in [1.807, 2.05) is 6.07 Å². The van der Waals surface area contributed by atoms with Gasteiger partial charge >= 0.3 is 0 Å². The molecule has 80 valence electrons. The first-order chi connectivity index (χ1) is 7.17. The summed E-state index contributed by atoms with van der Waals surface area (Å²) in [5.74, 6) is -0.317. The van der Waals surface area contributed by atoms with Crippen molar-refractivity contribution in [2.75, 3.05) is 0 Å². The number of hydrogen-bond acceptors (Lipinski definition) is 3. The first kappa shape index (κ1) is 11.2. The normalized spacial score (nSPS) is 11.8. The van der Waals surface area contributed by atoms with Crippen molar-refractivity contribution >= 4 is 5.91 Å². The van der Waals surface area contributed by atoms with E-state index in [2.05, 4.69) is 22.4 Å². The number of H-pyrrole nitrogens is 1. The molecule has 0 aliphatic rings. The molecule has 0 bridgehead atoms. The van der Waals surface area contributed by atoms with Gasteiger partial charge in [-0.2, -0.15) is 10.4 Å². The summed E-state index contributed by atoms with van der Waals surface area (Å²) >= 11 is 0. The molecule has 0 aromatic carbocycles. The van der Waals surface area contributed by atoms with Crippen LogP contribution in [0.3, 0.4) is 0 Å². The van der Waals surface area contributed by atoms with Gasteiger partial charge in [0.25, 0.3) is 5.91 Å². The summed E-state index contributed by atoms with van der Waals surface area (Å²) in [6.45, 7) is 3.68. The lowest BCUT2D eigenvalue weighted by Crippen LogP contribution is -2.31. The van der Waals surface area contributed by atoms with Crippen molar-refractivity contribution in [2.24, 2.45) is 0 Å². The number of carbonyl (C=O) groups excluding carboxylic acids is 1. The maximum Gasteiger partial charge on any atom is 0.272 e. The van der Waals surface area contributed by atoms with Gasteiger partial charge in [0.05, 0.1) is 6.07 Å². The van der Waals surface area contributed by atoms with E-state index in [4.69, 9.17) is 5.26 Å². The van der Waals surface area contributed by atoms with Crippen molar-refractivity contribution < 1.29 is 4.79 Å². The van der Waals surface area contributed by atoms with Crippen LogP contribution in [0, 0.1) is 11.3 Å². The van der Waals surface area contributed by atoms with E-state index in [1.165, 1.54) is 0 Å². The summed E-state index contributed by atoms with van der Waals surface area (Å²) < 4.78 is 0. The van der Waals surface area contributed by atoms with Crippen LogP contribution in [0.15, 0.2) is 6.07 Å². The second-order valence-corrected chi connectivity index (χ2v) is 3.35. The molecule has 0 fully saturated rings. The standard InChI is InChI=1S/C10H14N4O/c1-3-4-8-5-9(14-13-8)10(15)12-7(2)6-11/h5,7H,3-4H2,1-2H3,(H,12,15)(H,13,14). The first-order valence-electron chi connectivity index (χ1n) is 4.92. The molecule has 0 radical (unpaired) electrons. The van der Waals surface area contributed by atoms with Crippen LogP contribution in [0.25, 0.3) is 0 Å². The predicted octanol–water partition coefficient (Wildman–Crippen LogP) is 1.00. The van der Waals surface area contributed by atoms with Crippen LogP contribution in [0.2, 0.25) is 0 Å². The molecule has 5 nitrogen and oxygen atoms in total. The first-order valence-corrected chi connectivity index (χ1v) is 4.92. The van der Waals surface area contributed by atoms with Crippen LogP contribution in [0.4, 0.5) is 0 Å². The molecule has 0 aliphatic heterocycles. The third-order valence-electron chi connectivity index (χ3n) is 1.92. The zero-order valence-corrected chi connectivity index (χ0v) is 8.87. The molecule has 0 aliphatic carbocycles. The Kier molecular flexibility index (Phi) is 3.86. The Balaban J connectivity index is 2.62. The Hall–Kier alpha value is -1.83. The topological polar surface area (TPSA) is 81.6 Å². The highest BCUT2D eigenvalue weighted by atomic mass is 16.2. The lowest BCUT2D eigenvalue weighted by atomic mass is 10.2. The highest BCUT2D eigenvalue weighted by molar-refractivity contribution is 5.92. The average Bonchev–Trinajstić information content (AvgIpc) is 2.67. The Morgan fingerprint density at radius 3 is 3.13 bits per heavy atom. The van der Waals surface area contributed by atoms with E-state index in [0.29, 0.717) is 5.69 Å². The van der Waals surface area contributed by atoms with E-state index in [0.717, 1.165) is 18.5 Å². The second-order valence-electron chi connectivity index (χ2n) is 3.35. The molecule has 1 amide bonds. The van der Waals surface area contributed by atoms with Gasteiger partial charge in [-0.25, -0.2) is 0 Å². The molecule has 5 heteroatoms. The van der Waals surface area contributed by atoms with Crippen molar-refractivity contribution in [3.63, 3.8) is 0 Å².